The summed E-state index contributed by atoms with van der Waals surface area (Å²) in [5.41, 5.74) is 7.93. The van der Waals surface area contributed by atoms with Crippen LogP contribution in [0, 0.1) is 6.92 Å². The highest BCUT2D eigenvalue weighted by molar-refractivity contribution is 7.15. The van der Waals surface area contributed by atoms with Crippen LogP contribution in [-0.4, -0.2) is 12.1 Å². The van der Waals surface area contributed by atoms with Crippen molar-refractivity contribution in [3.63, 3.8) is 0 Å². The molecule has 0 saturated heterocycles. The summed E-state index contributed by atoms with van der Waals surface area (Å²) in [4.78, 5) is 5.16. The minimum Gasteiger partial charge on any atom is -0.496 e. The number of nitrogen functional groups attached to an aromatic ring is 1. The third-order valence-corrected chi connectivity index (χ3v) is 3.50. The number of hydrogen-bond acceptors (Lipinski definition) is 5. The summed E-state index contributed by atoms with van der Waals surface area (Å²) in [5.74, 6) is 0.927. The van der Waals surface area contributed by atoms with E-state index in [2.05, 4.69) is 28.5 Å². The van der Waals surface area contributed by atoms with Gasteiger partial charge in [-0.25, -0.2) is 4.98 Å². The number of nitrogens with zero attached hydrogens (tertiary/aromatic N) is 1. The molecule has 0 radical (unpaired) electrons. The van der Waals surface area contributed by atoms with Gasteiger partial charge < -0.3 is 15.8 Å². The lowest BCUT2D eigenvalue weighted by molar-refractivity contribution is 0.411. The molecule has 0 atom stereocenters. The lowest BCUT2D eigenvalue weighted by atomic mass is 10.1. The first-order chi connectivity index (χ1) is 8.69. The van der Waals surface area contributed by atoms with E-state index in [1.807, 2.05) is 13.1 Å². The van der Waals surface area contributed by atoms with Crippen molar-refractivity contribution in [2.75, 3.05) is 12.8 Å². The summed E-state index contributed by atoms with van der Waals surface area (Å²) in [6.45, 7) is 3.62. The van der Waals surface area contributed by atoms with Gasteiger partial charge in [-0.3, -0.25) is 0 Å². The van der Waals surface area contributed by atoms with Crippen LogP contribution in [0.4, 0.5) is 5.13 Å². The zero-order chi connectivity index (χ0) is 13.0. The molecule has 0 fully saturated rings. The fraction of sp³-hybridized carbons (Fsp3) is 0.308. The Morgan fingerprint density at radius 3 is 2.89 bits per heavy atom. The van der Waals surface area contributed by atoms with Gasteiger partial charge in [0.1, 0.15) is 5.75 Å². The molecular weight excluding hydrogens is 246 g/mol. The fourth-order valence-corrected chi connectivity index (χ4v) is 2.36. The molecule has 2 aromatic rings. The minimum absolute atomic E-state index is 0.615. The summed E-state index contributed by atoms with van der Waals surface area (Å²) >= 11 is 1.51. The molecule has 0 aliphatic heterocycles. The maximum atomic E-state index is 5.58. The number of hydrogen-bond donors (Lipinski definition) is 2. The van der Waals surface area contributed by atoms with E-state index in [1.165, 1.54) is 16.9 Å². The minimum atomic E-state index is 0.615. The van der Waals surface area contributed by atoms with Gasteiger partial charge in [0.05, 0.1) is 7.11 Å². The van der Waals surface area contributed by atoms with Gasteiger partial charge in [0.15, 0.2) is 5.13 Å². The molecule has 1 aromatic carbocycles. The predicted molar refractivity (Wildman–Crippen MR) is 74.8 cm³/mol. The molecule has 2 rings (SSSR count). The lowest BCUT2D eigenvalue weighted by Crippen LogP contribution is -2.11. The number of aryl methyl sites for hydroxylation is 1. The van der Waals surface area contributed by atoms with E-state index in [1.54, 1.807) is 7.11 Å². The molecule has 0 aliphatic rings. The average molecular weight is 263 g/mol. The van der Waals surface area contributed by atoms with E-state index in [0.29, 0.717) is 5.13 Å². The van der Waals surface area contributed by atoms with Crippen LogP contribution in [0.1, 0.15) is 16.0 Å². The standard InChI is InChI=1S/C13H17N3OS/c1-9-3-4-10(5-12(9)17-2)6-15-7-11-8-16-13(14)18-11/h3-5,8,15H,6-7H2,1-2H3,(H2,14,16). The Hall–Kier alpha value is -1.59. The lowest BCUT2D eigenvalue weighted by Gasteiger charge is -2.08. The fourth-order valence-electron chi connectivity index (χ4n) is 1.71. The van der Waals surface area contributed by atoms with Crippen LogP contribution in [-0.2, 0) is 13.1 Å². The first kappa shape index (κ1) is 12.9. The van der Waals surface area contributed by atoms with Gasteiger partial charge in [0, 0.05) is 24.2 Å². The van der Waals surface area contributed by atoms with Crippen molar-refractivity contribution in [2.24, 2.45) is 0 Å². The van der Waals surface area contributed by atoms with Gasteiger partial charge in [-0.2, -0.15) is 0 Å². The Kier molecular flexibility index (Phi) is 4.17. The van der Waals surface area contributed by atoms with E-state index in [9.17, 15) is 0 Å². The van der Waals surface area contributed by atoms with Crippen molar-refractivity contribution in [1.82, 2.24) is 10.3 Å². The second-order valence-electron chi connectivity index (χ2n) is 4.07. The molecule has 1 heterocycles. The van der Waals surface area contributed by atoms with Gasteiger partial charge in [0.25, 0.3) is 0 Å². The molecule has 0 unspecified atom stereocenters. The van der Waals surface area contributed by atoms with Crippen molar-refractivity contribution in [2.45, 2.75) is 20.0 Å². The number of anilines is 1. The summed E-state index contributed by atoms with van der Waals surface area (Å²) < 4.78 is 5.30. The van der Waals surface area contributed by atoms with E-state index in [0.717, 1.165) is 29.3 Å². The Labute approximate surface area is 111 Å². The molecule has 0 saturated carbocycles. The maximum Gasteiger partial charge on any atom is 0.180 e. The van der Waals surface area contributed by atoms with Gasteiger partial charge >= 0.3 is 0 Å². The monoisotopic (exact) mass is 263 g/mol. The number of thiazole rings is 1. The number of nitrogens with two attached hydrogens (primary N) is 1. The Bertz CT molecular complexity index is 525. The first-order valence-electron chi connectivity index (χ1n) is 5.73. The highest BCUT2D eigenvalue weighted by Gasteiger charge is 2.01. The SMILES string of the molecule is COc1cc(CNCc2cnc(N)s2)ccc1C. The number of methoxy groups -OCH3 is 1. The number of rotatable bonds is 5. The molecule has 0 spiro atoms. The van der Waals surface area contributed by atoms with Crippen molar-refractivity contribution < 1.29 is 4.74 Å². The number of aromatic nitrogens is 1. The zero-order valence-corrected chi connectivity index (χ0v) is 11.4. The largest absolute Gasteiger partial charge is 0.496 e. The Balaban J connectivity index is 1.90. The molecule has 5 heteroatoms. The average Bonchev–Trinajstić information content (AvgIpc) is 2.77. The van der Waals surface area contributed by atoms with Gasteiger partial charge in [-0.05, 0) is 24.1 Å². The molecule has 4 nitrogen and oxygen atoms in total. The maximum absolute atomic E-state index is 5.58. The topological polar surface area (TPSA) is 60.2 Å². The Morgan fingerprint density at radius 1 is 1.39 bits per heavy atom. The second-order valence-corrected chi connectivity index (χ2v) is 5.22. The van der Waals surface area contributed by atoms with E-state index in [4.69, 9.17) is 10.5 Å². The second kappa shape index (κ2) is 5.84. The van der Waals surface area contributed by atoms with Gasteiger partial charge in [-0.1, -0.05) is 12.1 Å². The number of benzene rings is 1. The number of nitrogens with one attached hydrogen (secondary N) is 1. The third-order valence-electron chi connectivity index (χ3n) is 2.67. The van der Waals surface area contributed by atoms with Crippen molar-refractivity contribution in [3.8, 4) is 5.75 Å². The number of ether oxygens (including phenoxy) is 1. The summed E-state index contributed by atoms with van der Waals surface area (Å²) in [5, 5.41) is 3.98. The predicted octanol–water partition coefficient (Wildman–Crippen LogP) is 2.33. The molecule has 3 N–H and O–H groups in total. The van der Waals surface area contributed by atoms with Crippen LogP contribution in [0.2, 0.25) is 0 Å². The van der Waals surface area contributed by atoms with Crippen LogP contribution < -0.4 is 15.8 Å². The van der Waals surface area contributed by atoms with Gasteiger partial charge in [0.2, 0.25) is 0 Å². The summed E-state index contributed by atoms with van der Waals surface area (Å²) in [6, 6.07) is 6.23. The molecule has 0 amide bonds. The summed E-state index contributed by atoms with van der Waals surface area (Å²) in [7, 11) is 1.69. The van der Waals surface area contributed by atoms with Crippen molar-refractivity contribution >= 4 is 16.5 Å². The van der Waals surface area contributed by atoms with Crippen molar-refractivity contribution in [3.05, 3.63) is 40.4 Å². The Morgan fingerprint density at radius 2 is 2.22 bits per heavy atom. The van der Waals surface area contributed by atoms with Crippen LogP contribution in [0.5, 0.6) is 5.75 Å². The third kappa shape index (κ3) is 3.21. The highest BCUT2D eigenvalue weighted by atomic mass is 32.1. The molecule has 96 valence electrons. The van der Waals surface area contributed by atoms with Crippen LogP contribution in [0.15, 0.2) is 24.4 Å². The van der Waals surface area contributed by atoms with Crippen LogP contribution in [0.25, 0.3) is 0 Å². The summed E-state index contributed by atoms with van der Waals surface area (Å²) in [6.07, 6.45) is 1.81. The normalized spacial score (nSPS) is 10.6. The molecular formula is C13H17N3OS. The van der Waals surface area contributed by atoms with Crippen molar-refractivity contribution in [1.29, 1.82) is 0 Å². The van der Waals surface area contributed by atoms with Crippen LogP contribution in [0.3, 0.4) is 0 Å². The quantitative estimate of drug-likeness (QED) is 0.869. The molecule has 0 aliphatic carbocycles. The molecule has 18 heavy (non-hydrogen) atoms. The van der Waals surface area contributed by atoms with E-state index in [-0.39, 0.29) is 0 Å². The molecule has 1 aromatic heterocycles. The van der Waals surface area contributed by atoms with Gasteiger partial charge in [-0.15, -0.1) is 11.3 Å². The first-order valence-corrected chi connectivity index (χ1v) is 6.55. The van der Waals surface area contributed by atoms with E-state index >= 15 is 0 Å². The van der Waals surface area contributed by atoms with Crippen LogP contribution >= 0.6 is 11.3 Å². The molecule has 0 bridgehead atoms. The zero-order valence-electron chi connectivity index (χ0n) is 10.6. The van der Waals surface area contributed by atoms with E-state index < -0.39 is 0 Å². The highest BCUT2D eigenvalue weighted by Crippen LogP contribution is 2.19. The smallest absolute Gasteiger partial charge is 0.180 e.